The quantitative estimate of drug-likeness (QED) is 0.753. The van der Waals surface area contributed by atoms with Gasteiger partial charge in [0, 0.05) is 18.8 Å². The number of likely N-dealkylation sites (tertiary alicyclic amines) is 1. The van der Waals surface area contributed by atoms with E-state index in [0.717, 1.165) is 37.1 Å². The Morgan fingerprint density at radius 2 is 1.79 bits per heavy atom. The number of hydrogen-bond donors (Lipinski definition) is 1. The van der Waals surface area contributed by atoms with Crippen LogP contribution < -0.4 is 10.1 Å². The maximum absolute atomic E-state index is 13.0. The lowest BCUT2D eigenvalue weighted by Gasteiger charge is -2.32. The molecule has 4 nitrogen and oxygen atoms in total. The molecule has 1 amide bonds. The average Bonchev–Trinajstić information content (AvgIpc) is 2.64. The van der Waals surface area contributed by atoms with Crippen molar-refractivity contribution in [3.05, 3.63) is 59.9 Å². The molecule has 1 fully saturated rings. The van der Waals surface area contributed by atoms with Crippen LogP contribution in [-0.2, 0) is 11.3 Å². The van der Waals surface area contributed by atoms with Crippen molar-refractivity contribution in [2.45, 2.75) is 25.7 Å². The van der Waals surface area contributed by atoms with Crippen molar-refractivity contribution >= 4 is 11.6 Å². The number of alkyl halides is 3. The number of hydrogen-bond acceptors (Lipinski definition) is 3. The van der Waals surface area contributed by atoms with Gasteiger partial charge in [0.2, 0.25) is 5.91 Å². The molecule has 28 heavy (non-hydrogen) atoms. The van der Waals surface area contributed by atoms with Gasteiger partial charge in [0.25, 0.3) is 0 Å². The number of anilines is 1. The van der Waals surface area contributed by atoms with Gasteiger partial charge in [-0.2, -0.15) is 0 Å². The number of ether oxygens (including phenoxy) is 1. The van der Waals surface area contributed by atoms with Gasteiger partial charge in [0.15, 0.2) is 0 Å². The minimum Gasteiger partial charge on any atom is -0.406 e. The van der Waals surface area contributed by atoms with Crippen LogP contribution >= 0.6 is 0 Å². The molecule has 1 atom stereocenters. The first-order valence-corrected chi connectivity index (χ1v) is 8.92. The van der Waals surface area contributed by atoms with Crippen LogP contribution in [0.25, 0.3) is 0 Å². The minimum absolute atomic E-state index is 0.173. The number of halogens is 4. The lowest BCUT2D eigenvalue weighted by atomic mass is 9.96. The summed E-state index contributed by atoms with van der Waals surface area (Å²) in [6, 6.07) is 11.3. The molecule has 1 heterocycles. The van der Waals surface area contributed by atoms with Gasteiger partial charge in [-0.05, 0) is 61.3 Å². The van der Waals surface area contributed by atoms with Crippen LogP contribution in [0.4, 0.5) is 23.2 Å². The number of carbonyl (C=O) groups is 1. The van der Waals surface area contributed by atoms with Crippen molar-refractivity contribution in [1.82, 2.24) is 4.90 Å². The van der Waals surface area contributed by atoms with E-state index in [1.54, 1.807) is 12.1 Å². The van der Waals surface area contributed by atoms with Crippen LogP contribution in [-0.4, -0.2) is 30.3 Å². The molecular formula is C20H20F4N2O2. The van der Waals surface area contributed by atoms with E-state index in [1.165, 1.54) is 24.3 Å². The first-order chi connectivity index (χ1) is 13.3. The van der Waals surface area contributed by atoms with Gasteiger partial charge in [-0.15, -0.1) is 13.2 Å². The van der Waals surface area contributed by atoms with Crippen LogP contribution in [0.5, 0.6) is 5.75 Å². The molecule has 2 aromatic carbocycles. The van der Waals surface area contributed by atoms with Gasteiger partial charge in [-0.1, -0.05) is 12.1 Å². The molecule has 2 aromatic rings. The summed E-state index contributed by atoms with van der Waals surface area (Å²) in [4.78, 5) is 14.7. The van der Waals surface area contributed by atoms with Crippen molar-refractivity contribution in [2.75, 3.05) is 18.4 Å². The third kappa shape index (κ3) is 5.95. The standard InChI is InChI=1S/C20H20F4N2O2/c21-16-5-3-14(4-6-16)12-26-11-1-2-15(13-26)19(27)25-17-7-9-18(10-8-17)28-20(22,23)24/h3-10,15H,1-2,11-13H2,(H,25,27)/t15-/m0/s1. The summed E-state index contributed by atoms with van der Waals surface area (Å²) in [5.41, 5.74) is 1.39. The number of nitrogens with zero attached hydrogens (tertiary/aromatic N) is 1. The molecule has 0 saturated carbocycles. The molecule has 0 radical (unpaired) electrons. The normalized spacial score (nSPS) is 17.9. The Balaban J connectivity index is 1.54. The SMILES string of the molecule is O=C(Nc1ccc(OC(F)(F)F)cc1)[C@H]1CCCN(Cc2ccc(F)cc2)C1. The summed E-state index contributed by atoms with van der Waals surface area (Å²) >= 11 is 0. The molecule has 8 heteroatoms. The van der Waals surface area contributed by atoms with Gasteiger partial charge in [-0.25, -0.2) is 4.39 Å². The summed E-state index contributed by atoms with van der Waals surface area (Å²) in [6.07, 6.45) is -3.15. The van der Waals surface area contributed by atoms with Crippen molar-refractivity contribution in [1.29, 1.82) is 0 Å². The number of amides is 1. The first kappa shape index (κ1) is 20.1. The van der Waals surface area contributed by atoms with Crippen molar-refractivity contribution in [3.63, 3.8) is 0 Å². The fourth-order valence-electron chi connectivity index (χ4n) is 3.25. The van der Waals surface area contributed by atoms with Gasteiger partial charge >= 0.3 is 6.36 Å². The highest BCUT2D eigenvalue weighted by atomic mass is 19.4. The molecule has 0 aromatic heterocycles. The Labute approximate surface area is 160 Å². The molecule has 1 aliphatic heterocycles. The summed E-state index contributed by atoms with van der Waals surface area (Å²) < 4.78 is 53.4. The van der Waals surface area contributed by atoms with Crippen molar-refractivity contribution in [3.8, 4) is 5.75 Å². The Hall–Kier alpha value is -2.61. The molecule has 0 aliphatic carbocycles. The van der Waals surface area contributed by atoms with E-state index in [-0.39, 0.29) is 23.4 Å². The minimum atomic E-state index is -4.75. The van der Waals surface area contributed by atoms with E-state index in [2.05, 4.69) is 15.0 Å². The molecule has 3 rings (SSSR count). The molecule has 1 N–H and O–H groups in total. The lowest BCUT2D eigenvalue weighted by Crippen LogP contribution is -2.40. The van der Waals surface area contributed by atoms with E-state index in [0.29, 0.717) is 18.8 Å². The number of rotatable bonds is 5. The van der Waals surface area contributed by atoms with E-state index in [4.69, 9.17) is 0 Å². The van der Waals surface area contributed by atoms with Crippen molar-refractivity contribution < 1.29 is 27.1 Å². The largest absolute Gasteiger partial charge is 0.573 e. The summed E-state index contributed by atoms with van der Waals surface area (Å²) in [6.45, 7) is 2.05. The Kier molecular flexibility index (Phi) is 6.18. The van der Waals surface area contributed by atoms with E-state index in [1.807, 2.05) is 0 Å². The van der Waals surface area contributed by atoms with Crippen LogP contribution in [0.1, 0.15) is 18.4 Å². The van der Waals surface area contributed by atoms with Gasteiger partial charge < -0.3 is 10.1 Å². The molecule has 0 bridgehead atoms. The van der Waals surface area contributed by atoms with E-state index in [9.17, 15) is 22.4 Å². The number of benzene rings is 2. The van der Waals surface area contributed by atoms with Crippen LogP contribution in [0, 0.1) is 11.7 Å². The summed E-state index contributed by atoms with van der Waals surface area (Å²) in [5, 5.41) is 2.74. The van der Waals surface area contributed by atoms with E-state index >= 15 is 0 Å². The molecule has 1 aliphatic rings. The predicted octanol–water partition coefficient (Wildman–Crippen LogP) is 4.58. The zero-order valence-electron chi connectivity index (χ0n) is 15.0. The molecule has 0 spiro atoms. The summed E-state index contributed by atoms with van der Waals surface area (Å²) in [5.74, 6) is -1.02. The molecule has 0 unspecified atom stereocenters. The smallest absolute Gasteiger partial charge is 0.406 e. The topological polar surface area (TPSA) is 41.6 Å². The van der Waals surface area contributed by atoms with Crippen LogP contribution in [0.2, 0.25) is 0 Å². The second-order valence-corrected chi connectivity index (χ2v) is 6.76. The third-order valence-corrected chi connectivity index (χ3v) is 4.55. The predicted molar refractivity (Wildman–Crippen MR) is 96.2 cm³/mol. The first-order valence-electron chi connectivity index (χ1n) is 8.92. The number of piperidine rings is 1. The zero-order chi connectivity index (χ0) is 20.1. The zero-order valence-corrected chi connectivity index (χ0v) is 15.0. The highest BCUT2D eigenvalue weighted by Crippen LogP contribution is 2.25. The average molecular weight is 396 g/mol. The highest BCUT2D eigenvalue weighted by Gasteiger charge is 2.31. The lowest BCUT2D eigenvalue weighted by molar-refractivity contribution is -0.274. The van der Waals surface area contributed by atoms with Gasteiger partial charge in [0.05, 0.1) is 5.92 Å². The fourth-order valence-corrected chi connectivity index (χ4v) is 3.25. The maximum Gasteiger partial charge on any atom is 0.573 e. The number of carbonyl (C=O) groups excluding carboxylic acids is 1. The second kappa shape index (κ2) is 8.60. The second-order valence-electron chi connectivity index (χ2n) is 6.76. The summed E-state index contributed by atoms with van der Waals surface area (Å²) in [7, 11) is 0. The Morgan fingerprint density at radius 1 is 1.11 bits per heavy atom. The molecule has 1 saturated heterocycles. The van der Waals surface area contributed by atoms with Crippen LogP contribution in [0.3, 0.4) is 0 Å². The Morgan fingerprint density at radius 3 is 2.43 bits per heavy atom. The monoisotopic (exact) mass is 396 g/mol. The van der Waals surface area contributed by atoms with Crippen LogP contribution in [0.15, 0.2) is 48.5 Å². The van der Waals surface area contributed by atoms with Gasteiger partial charge in [-0.3, -0.25) is 9.69 Å². The number of nitrogens with one attached hydrogen (secondary N) is 1. The maximum atomic E-state index is 13.0. The highest BCUT2D eigenvalue weighted by molar-refractivity contribution is 5.92. The fraction of sp³-hybridized carbons (Fsp3) is 0.350. The molecule has 150 valence electrons. The Bertz CT molecular complexity index is 791. The van der Waals surface area contributed by atoms with Gasteiger partial charge in [0.1, 0.15) is 11.6 Å². The third-order valence-electron chi connectivity index (χ3n) is 4.55. The van der Waals surface area contributed by atoms with E-state index < -0.39 is 6.36 Å². The van der Waals surface area contributed by atoms with Crippen molar-refractivity contribution in [2.24, 2.45) is 5.92 Å². The molecular weight excluding hydrogens is 376 g/mol.